The van der Waals surface area contributed by atoms with E-state index in [9.17, 15) is 4.79 Å². The molecule has 0 N–H and O–H groups in total. The van der Waals surface area contributed by atoms with Crippen molar-refractivity contribution in [3.63, 3.8) is 0 Å². The average Bonchev–Trinajstić information content (AvgIpc) is 2.63. The summed E-state index contributed by atoms with van der Waals surface area (Å²) in [5.41, 5.74) is 5.47. The molecule has 28 heavy (non-hydrogen) atoms. The number of carbonyl (C=O) groups excluding carboxylic acids is 1. The summed E-state index contributed by atoms with van der Waals surface area (Å²) >= 11 is 0. The first-order chi connectivity index (χ1) is 13.1. The van der Waals surface area contributed by atoms with Crippen LogP contribution in [0.15, 0.2) is 77.9 Å². The predicted octanol–water partition coefficient (Wildman–Crippen LogP) is 5.81. The van der Waals surface area contributed by atoms with Crippen molar-refractivity contribution in [1.82, 2.24) is 9.97 Å². The Morgan fingerprint density at radius 1 is 0.679 bits per heavy atom. The zero-order chi connectivity index (χ0) is 20.5. The number of hydrogen-bond acceptors (Lipinski definition) is 3. The van der Waals surface area contributed by atoms with Gasteiger partial charge in [0.05, 0.1) is 0 Å². The van der Waals surface area contributed by atoms with E-state index in [-0.39, 0.29) is 16.6 Å². The number of hydrogen-bond donors (Lipinski definition) is 0. The van der Waals surface area contributed by atoms with Gasteiger partial charge in [0.2, 0.25) is 0 Å². The molecule has 0 aromatic carbocycles. The molecule has 2 aromatic rings. The van der Waals surface area contributed by atoms with E-state index < -0.39 is 0 Å². The molecule has 0 fully saturated rings. The molecule has 0 radical (unpaired) electrons. The van der Waals surface area contributed by atoms with Crippen molar-refractivity contribution in [3.05, 3.63) is 89.1 Å². The van der Waals surface area contributed by atoms with Crippen LogP contribution in [0.1, 0.15) is 52.7 Å². The number of nitrogens with zero attached hydrogens (tertiary/aromatic N) is 2. The van der Waals surface area contributed by atoms with E-state index >= 15 is 0 Å². The fourth-order valence-corrected chi connectivity index (χ4v) is 3.42. The summed E-state index contributed by atoms with van der Waals surface area (Å²) in [5.74, 6) is 0.146. The zero-order valence-corrected chi connectivity index (χ0v) is 17.6. The molecule has 3 nitrogen and oxygen atoms in total. The van der Waals surface area contributed by atoms with Gasteiger partial charge in [0.15, 0.2) is 5.78 Å². The molecule has 0 unspecified atom stereocenters. The number of allylic oxidation sites excluding steroid dienone is 5. The van der Waals surface area contributed by atoms with Gasteiger partial charge in [-0.1, -0.05) is 41.5 Å². The predicted molar refractivity (Wildman–Crippen MR) is 115 cm³/mol. The van der Waals surface area contributed by atoms with Crippen molar-refractivity contribution in [2.75, 3.05) is 0 Å². The van der Waals surface area contributed by atoms with Crippen LogP contribution in [0.3, 0.4) is 0 Å². The molecule has 2 heterocycles. The summed E-state index contributed by atoms with van der Waals surface area (Å²) in [7, 11) is 0. The van der Waals surface area contributed by atoms with Crippen LogP contribution >= 0.6 is 0 Å². The second-order valence-corrected chi connectivity index (χ2v) is 9.25. The molecule has 0 bridgehead atoms. The van der Waals surface area contributed by atoms with Crippen LogP contribution in [0.5, 0.6) is 0 Å². The number of ketones is 1. The van der Waals surface area contributed by atoms with Crippen molar-refractivity contribution in [3.8, 4) is 0 Å². The third-order valence-corrected chi connectivity index (χ3v) is 4.93. The summed E-state index contributed by atoms with van der Waals surface area (Å²) in [6.45, 7) is 12.6. The maximum atomic E-state index is 13.3. The summed E-state index contributed by atoms with van der Waals surface area (Å²) in [5, 5.41) is 0. The highest BCUT2D eigenvalue weighted by atomic mass is 16.1. The Balaban J connectivity index is 2.38. The topological polar surface area (TPSA) is 42.9 Å². The van der Waals surface area contributed by atoms with Gasteiger partial charge in [0.25, 0.3) is 0 Å². The fourth-order valence-electron chi connectivity index (χ4n) is 3.42. The lowest BCUT2D eigenvalue weighted by Gasteiger charge is -2.32. The van der Waals surface area contributed by atoms with Gasteiger partial charge < -0.3 is 0 Å². The van der Waals surface area contributed by atoms with Crippen LogP contribution in [0.2, 0.25) is 0 Å². The quantitative estimate of drug-likeness (QED) is 0.668. The summed E-state index contributed by atoms with van der Waals surface area (Å²) in [6.07, 6.45) is 11.3. The number of pyridine rings is 2. The maximum Gasteiger partial charge on any atom is 0.186 e. The molecule has 0 atom stereocenters. The summed E-state index contributed by atoms with van der Waals surface area (Å²) < 4.78 is 0. The minimum atomic E-state index is -0.241. The van der Waals surface area contributed by atoms with Crippen LogP contribution in [0.4, 0.5) is 0 Å². The highest BCUT2D eigenvalue weighted by Crippen LogP contribution is 2.41. The van der Waals surface area contributed by atoms with Crippen LogP contribution < -0.4 is 0 Å². The number of carbonyl (C=O) groups is 1. The molecule has 1 aliphatic carbocycles. The zero-order valence-electron chi connectivity index (χ0n) is 17.6. The molecule has 0 saturated carbocycles. The lowest BCUT2D eigenvalue weighted by atomic mass is 9.71. The minimum Gasteiger partial charge on any atom is -0.289 e. The van der Waals surface area contributed by atoms with E-state index in [0.29, 0.717) is 0 Å². The SMILES string of the molecule is CC(C)(C)C1=CC(=C(c2ccncc2)c2ccncc2)C=C(C(C)(C)C)C1=O. The van der Waals surface area contributed by atoms with E-state index in [0.717, 1.165) is 33.4 Å². The van der Waals surface area contributed by atoms with E-state index in [4.69, 9.17) is 0 Å². The Kier molecular flexibility index (Phi) is 5.20. The molecule has 3 heteroatoms. The third-order valence-electron chi connectivity index (χ3n) is 4.93. The third kappa shape index (κ3) is 4.04. The molecular weight excluding hydrogens is 344 g/mol. The monoisotopic (exact) mass is 372 g/mol. The Labute approximate surface area is 167 Å². The second-order valence-electron chi connectivity index (χ2n) is 9.25. The van der Waals surface area contributed by atoms with E-state index in [1.54, 1.807) is 24.8 Å². The van der Waals surface area contributed by atoms with Crippen molar-refractivity contribution in [2.45, 2.75) is 41.5 Å². The van der Waals surface area contributed by atoms with Crippen LogP contribution in [0.25, 0.3) is 5.57 Å². The Bertz CT molecular complexity index is 889. The summed E-state index contributed by atoms with van der Waals surface area (Å²) in [6, 6.07) is 8.03. The van der Waals surface area contributed by atoms with E-state index in [1.165, 1.54) is 0 Å². The molecular formula is C25H28N2O. The van der Waals surface area contributed by atoms with Crippen molar-refractivity contribution >= 4 is 11.4 Å². The van der Waals surface area contributed by atoms with Crippen LogP contribution in [0, 0.1) is 10.8 Å². The van der Waals surface area contributed by atoms with E-state index in [1.807, 2.05) is 24.3 Å². The van der Waals surface area contributed by atoms with Crippen molar-refractivity contribution in [2.24, 2.45) is 10.8 Å². The van der Waals surface area contributed by atoms with Crippen LogP contribution in [-0.2, 0) is 4.79 Å². The Morgan fingerprint density at radius 3 is 1.36 bits per heavy atom. The largest absolute Gasteiger partial charge is 0.289 e. The maximum absolute atomic E-state index is 13.3. The van der Waals surface area contributed by atoms with Crippen molar-refractivity contribution < 1.29 is 4.79 Å². The first kappa shape index (κ1) is 19.9. The molecule has 0 amide bonds. The molecule has 0 saturated heterocycles. The fraction of sp³-hybridized carbons (Fsp3) is 0.320. The Hall–Kier alpha value is -2.81. The van der Waals surface area contributed by atoms with Crippen molar-refractivity contribution in [1.29, 1.82) is 0 Å². The first-order valence-corrected chi connectivity index (χ1v) is 9.63. The molecule has 3 rings (SSSR count). The average molecular weight is 373 g/mol. The van der Waals surface area contributed by atoms with Gasteiger partial charge in [-0.25, -0.2) is 0 Å². The molecule has 2 aromatic heterocycles. The molecule has 144 valence electrons. The lowest BCUT2D eigenvalue weighted by Crippen LogP contribution is -2.28. The van der Waals surface area contributed by atoms with Gasteiger partial charge in [-0.05, 0) is 69.5 Å². The minimum absolute atomic E-state index is 0.146. The van der Waals surface area contributed by atoms with Gasteiger partial charge in [-0.15, -0.1) is 0 Å². The molecule has 1 aliphatic rings. The standard InChI is InChI=1S/C25H28N2O/c1-24(2,3)20-15-19(16-21(23(20)28)25(4,5)6)22(17-7-11-26-12-8-17)18-9-13-27-14-10-18/h7-16H,1-6H3. The van der Waals surface area contributed by atoms with Gasteiger partial charge in [0.1, 0.15) is 0 Å². The molecule has 0 spiro atoms. The highest BCUT2D eigenvalue weighted by Gasteiger charge is 2.34. The summed E-state index contributed by atoms with van der Waals surface area (Å²) in [4.78, 5) is 21.6. The lowest BCUT2D eigenvalue weighted by molar-refractivity contribution is -0.114. The van der Waals surface area contributed by atoms with Gasteiger partial charge in [-0.2, -0.15) is 0 Å². The number of aromatic nitrogens is 2. The smallest absolute Gasteiger partial charge is 0.186 e. The van der Waals surface area contributed by atoms with Gasteiger partial charge in [-0.3, -0.25) is 14.8 Å². The Morgan fingerprint density at radius 2 is 1.04 bits per heavy atom. The van der Waals surface area contributed by atoms with Gasteiger partial charge >= 0.3 is 0 Å². The second kappa shape index (κ2) is 7.31. The number of rotatable bonds is 2. The first-order valence-electron chi connectivity index (χ1n) is 9.63. The highest BCUT2D eigenvalue weighted by molar-refractivity contribution is 6.12. The van der Waals surface area contributed by atoms with Gasteiger partial charge in [0, 0.05) is 35.9 Å². The van der Waals surface area contributed by atoms with Crippen LogP contribution in [-0.4, -0.2) is 15.8 Å². The normalized spacial score (nSPS) is 15.2. The number of Topliss-reactive ketones (excluding diaryl/α,β-unsaturated/α-hetero) is 1. The van der Waals surface area contributed by atoms with E-state index in [2.05, 4.69) is 63.7 Å². The molecule has 0 aliphatic heterocycles.